The Morgan fingerprint density at radius 3 is 2.36 bits per heavy atom. The van der Waals surface area contributed by atoms with Gasteiger partial charge in [-0.15, -0.1) is 0 Å². The maximum Gasteiger partial charge on any atom is 0.330 e. The lowest BCUT2D eigenvalue weighted by atomic mass is 10.1. The van der Waals surface area contributed by atoms with Gasteiger partial charge in [-0.05, 0) is 55.7 Å². The number of amides is 2. The smallest absolute Gasteiger partial charge is 0.330 e. The van der Waals surface area contributed by atoms with Crippen LogP contribution in [0.15, 0.2) is 48.5 Å². The SMILES string of the molecule is CCOC(=O)/C=C/c1ccc(NC(=O)NCCOc2c(C)cccc2C)cc1. The van der Waals surface area contributed by atoms with Gasteiger partial charge >= 0.3 is 12.0 Å². The highest BCUT2D eigenvalue weighted by molar-refractivity contribution is 5.90. The Labute approximate surface area is 165 Å². The van der Waals surface area contributed by atoms with Crippen molar-refractivity contribution in [2.75, 3.05) is 25.1 Å². The van der Waals surface area contributed by atoms with Crippen molar-refractivity contribution in [1.29, 1.82) is 0 Å². The molecule has 0 saturated carbocycles. The summed E-state index contributed by atoms with van der Waals surface area (Å²) in [5.41, 5.74) is 3.63. The Balaban J connectivity index is 1.75. The first kappa shape index (κ1) is 21.0. The van der Waals surface area contributed by atoms with E-state index in [1.165, 1.54) is 6.08 Å². The molecule has 2 aromatic carbocycles. The molecule has 2 amide bonds. The average Bonchev–Trinajstić information content (AvgIpc) is 2.67. The zero-order chi connectivity index (χ0) is 20.4. The number of hydrogen-bond acceptors (Lipinski definition) is 4. The number of aryl methyl sites for hydroxylation is 2. The van der Waals surface area contributed by atoms with Crippen molar-refractivity contribution >= 4 is 23.8 Å². The number of urea groups is 1. The fourth-order valence-corrected chi connectivity index (χ4v) is 2.55. The summed E-state index contributed by atoms with van der Waals surface area (Å²) in [5.74, 6) is 0.475. The molecule has 0 spiro atoms. The molecule has 0 unspecified atom stereocenters. The normalized spacial score (nSPS) is 10.5. The molecule has 0 atom stereocenters. The van der Waals surface area contributed by atoms with Gasteiger partial charge in [0.05, 0.1) is 13.2 Å². The number of carbonyl (C=O) groups excluding carboxylic acids is 2. The molecule has 0 saturated heterocycles. The van der Waals surface area contributed by atoms with Crippen molar-refractivity contribution in [3.8, 4) is 5.75 Å². The summed E-state index contributed by atoms with van der Waals surface area (Å²) < 4.78 is 10.6. The fourth-order valence-electron chi connectivity index (χ4n) is 2.55. The van der Waals surface area contributed by atoms with Gasteiger partial charge in [0, 0.05) is 11.8 Å². The molecule has 2 N–H and O–H groups in total. The molecule has 2 aromatic rings. The Morgan fingerprint density at radius 2 is 1.71 bits per heavy atom. The largest absolute Gasteiger partial charge is 0.491 e. The first-order chi connectivity index (χ1) is 13.5. The minimum atomic E-state index is -0.382. The van der Waals surface area contributed by atoms with E-state index in [-0.39, 0.29) is 12.0 Å². The number of ether oxygens (including phenoxy) is 2. The van der Waals surface area contributed by atoms with E-state index in [1.54, 1.807) is 37.3 Å². The molecular formula is C22H26N2O4. The molecule has 0 bridgehead atoms. The Morgan fingerprint density at radius 1 is 1.04 bits per heavy atom. The third-order valence-electron chi connectivity index (χ3n) is 3.91. The molecular weight excluding hydrogens is 356 g/mol. The van der Waals surface area contributed by atoms with Gasteiger partial charge in [0.2, 0.25) is 0 Å². The van der Waals surface area contributed by atoms with E-state index >= 15 is 0 Å². The predicted molar refractivity (Wildman–Crippen MR) is 111 cm³/mol. The first-order valence-corrected chi connectivity index (χ1v) is 9.18. The van der Waals surface area contributed by atoms with E-state index in [2.05, 4.69) is 10.6 Å². The lowest BCUT2D eigenvalue weighted by Gasteiger charge is -2.12. The predicted octanol–water partition coefficient (Wildman–Crippen LogP) is 4.08. The van der Waals surface area contributed by atoms with Crippen LogP contribution in [0.2, 0.25) is 0 Å². The lowest BCUT2D eigenvalue weighted by molar-refractivity contribution is -0.137. The third kappa shape index (κ3) is 6.79. The second-order valence-corrected chi connectivity index (χ2v) is 6.16. The van der Waals surface area contributed by atoms with Gasteiger partial charge in [0.15, 0.2) is 0 Å². The van der Waals surface area contributed by atoms with Crippen LogP contribution in [0, 0.1) is 13.8 Å². The average molecular weight is 382 g/mol. The van der Waals surface area contributed by atoms with Crippen LogP contribution in [0.4, 0.5) is 10.5 Å². The quantitative estimate of drug-likeness (QED) is 0.410. The number of carbonyl (C=O) groups is 2. The number of benzene rings is 2. The standard InChI is InChI=1S/C22H26N2O4/c1-4-27-20(25)13-10-18-8-11-19(12-9-18)24-22(26)23-14-15-28-21-16(2)6-5-7-17(21)3/h5-13H,4,14-15H2,1-3H3,(H2,23,24,26)/b13-10+. The van der Waals surface area contributed by atoms with Crippen LogP contribution in [-0.4, -0.2) is 31.8 Å². The molecule has 0 aliphatic carbocycles. The molecule has 6 nitrogen and oxygen atoms in total. The molecule has 2 rings (SSSR count). The highest BCUT2D eigenvalue weighted by Gasteiger charge is 2.04. The second kappa shape index (κ2) is 10.8. The van der Waals surface area contributed by atoms with Crippen LogP contribution in [0.25, 0.3) is 6.08 Å². The number of para-hydroxylation sites is 1. The molecule has 0 aliphatic rings. The van der Waals surface area contributed by atoms with E-state index in [9.17, 15) is 9.59 Å². The monoisotopic (exact) mass is 382 g/mol. The number of nitrogens with one attached hydrogen (secondary N) is 2. The maximum atomic E-state index is 12.0. The van der Waals surface area contributed by atoms with Crippen molar-refractivity contribution in [1.82, 2.24) is 5.32 Å². The Hall–Kier alpha value is -3.28. The summed E-state index contributed by atoms with van der Waals surface area (Å²) in [7, 11) is 0. The third-order valence-corrected chi connectivity index (χ3v) is 3.91. The van der Waals surface area contributed by atoms with Crippen molar-refractivity contribution in [3.63, 3.8) is 0 Å². The molecule has 148 valence electrons. The van der Waals surface area contributed by atoms with Gasteiger partial charge in [-0.2, -0.15) is 0 Å². The number of anilines is 1. The van der Waals surface area contributed by atoms with Crippen molar-refractivity contribution < 1.29 is 19.1 Å². The van der Waals surface area contributed by atoms with Gasteiger partial charge in [-0.25, -0.2) is 9.59 Å². The van der Waals surface area contributed by atoms with Crippen molar-refractivity contribution in [2.45, 2.75) is 20.8 Å². The summed E-state index contributed by atoms with van der Waals surface area (Å²) in [6.45, 7) is 6.86. The van der Waals surface area contributed by atoms with E-state index in [0.717, 1.165) is 22.4 Å². The second-order valence-electron chi connectivity index (χ2n) is 6.16. The van der Waals surface area contributed by atoms with Crippen LogP contribution in [0.5, 0.6) is 5.75 Å². The first-order valence-electron chi connectivity index (χ1n) is 9.18. The highest BCUT2D eigenvalue weighted by Crippen LogP contribution is 2.21. The zero-order valence-electron chi connectivity index (χ0n) is 16.5. The molecule has 0 aliphatic heterocycles. The van der Waals surface area contributed by atoms with E-state index in [1.807, 2.05) is 32.0 Å². The zero-order valence-corrected chi connectivity index (χ0v) is 16.5. The minimum absolute atomic E-state index is 0.306. The van der Waals surface area contributed by atoms with Crippen LogP contribution in [0.3, 0.4) is 0 Å². The van der Waals surface area contributed by atoms with Crippen LogP contribution in [-0.2, 0) is 9.53 Å². The minimum Gasteiger partial charge on any atom is -0.491 e. The van der Waals surface area contributed by atoms with Crippen LogP contribution >= 0.6 is 0 Å². The topological polar surface area (TPSA) is 76.7 Å². The molecule has 0 fully saturated rings. The van der Waals surface area contributed by atoms with Gasteiger partial charge in [0.25, 0.3) is 0 Å². The van der Waals surface area contributed by atoms with Gasteiger partial charge in [-0.3, -0.25) is 0 Å². The van der Waals surface area contributed by atoms with E-state index in [4.69, 9.17) is 9.47 Å². The van der Waals surface area contributed by atoms with Crippen LogP contribution < -0.4 is 15.4 Å². The number of hydrogen-bond donors (Lipinski definition) is 2. The summed E-state index contributed by atoms with van der Waals surface area (Å²) in [6.07, 6.45) is 3.03. The van der Waals surface area contributed by atoms with Crippen molar-refractivity contribution in [3.05, 3.63) is 65.2 Å². The molecule has 0 aromatic heterocycles. The van der Waals surface area contributed by atoms with Crippen LogP contribution in [0.1, 0.15) is 23.6 Å². The number of esters is 1. The number of rotatable bonds is 8. The summed E-state index contributed by atoms with van der Waals surface area (Å²) in [5, 5.41) is 5.51. The summed E-state index contributed by atoms with van der Waals surface area (Å²) in [6, 6.07) is 12.8. The molecule has 0 radical (unpaired) electrons. The van der Waals surface area contributed by atoms with Gasteiger partial charge < -0.3 is 20.1 Å². The Kier molecular flexibility index (Phi) is 8.09. The van der Waals surface area contributed by atoms with E-state index < -0.39 is 0 Å². The molecule has 28 heavy (non-hydrogen) atoms. The van der Waals surface area contributed by atoms with Gasteiger partial charge in [-0.1, -0.05) is 30.3 Å². The fraction of sp³-hybridized carbons (Fsp3) is 0.273. The lowest BCUT2D eigenvalue weighted by Crippen LogP contribution is -2.32. The molecule has 6 heteroatoms. The maximum absolute atomic E-state index is 12.0. The Bertz CT molecular complexity index is 809. The van der Waals surface area contributed by atoms with Crippen molar-refractivity contribution in [2.24, 2.45) is 0 Å². The van der Waals surface area contributed by atoms with E-state index in [0.29, 0.717) is 25.4 Å². The molecule has 0 heterocycles. The summed E-state index contributed by atoms with van der Waals surface area (Å²) >= 11 is 0. The van der Waals surface area contributed by atoms with Gasteiger partial charge in [0.1, 0.15) is 12.4 Å². The highest BCUT2D eigenvalue weighted by atomic mass is 16.5. The summed E-state index contributed by atoms with van der Waals surface area (Å²) in [4.78, 5) is 23.3.